The zero-order chi connectivity index (χ0) is 14.9. The summed E-state index contributed by atoms with van der Waals surface area (Å²) in [5.41, 5.74) is 0.769. The van der Waals surface area contributed by atoms with E-state index in [-0.39, 0.29) is 17.9 Å². The van der Waals surface area contributed by atoms with Crippen LogP contribution in [0.3, 0.4) is 0 Å². The van der Waals surface area contributed by atoms with Crippen LogP contribution < -0.4 is 4.90 Å². The van der Waals surface area contributed by atoms with Gasteiger partial charge in [0.1, 0.15) is 0 Å². The first-order valence-corrected chi connectivity index (χ1v) is 7.31. The molecule has 0 aromatic heterocycles. The molecule has 0 unspecified atom stereocenters. The van der Waals surface area contributed by atoms with Crippen LogP contribution in [0.25, 0.3) is 0 Å². The largest absolute Gasteiger partial charge is 0.362 e. The summed E-state index contributed by atoms with van der Waals surface area (Å²) >= 11 is 6.02. The van der Waals surface area contributed by atoms with Gasteiger partial charge in [-0.3, -0.25) is 9.59 Å². The van der Waals surface area contributed by atoms with Gasteiger partial charge in [-0.2, -0.15) is 0 Å². The van der Waals surface area contributed by atoms with Crippen LogP contribution in [0, 0.1) is 18.8 Å². The number of aryl methyl sites for hydroxylation is 1. The van der Waals surface area contributed by atoms with Crippen molar-refractivity contribution in [1.82, 2.24) is 0 Å². The second-order valence-corrected chi connectivity index (χ2v) is 6.51. The maximum Gasteiger partial charge on any atom is 0.241 e. The van der Waals surface area contributed by atoms with E-state index in [9.17, 15) is 9.59 Å². The van der Waals surface area contributed by atoms with Crippen LogP contribution in [-0.4, -0.2) is 23.5 Å². The van der Waals surface area contributed by atoms with Crippen LogP contribution in [0.2, 0.25) is 5.02 Å². The highest BCUT2D eigenvalue weighted by atomic mass is 35.5. The van der Waals surface area contributed by atoms with E-state index in [1.165, 1.54) is 4.90 Å². The Balaban J connectivity index is 1.82. The molecular weight excluding hydrogens is 290 g/mol. The summed E-state index contributed by atoms with van der Waals surface area (Å²) in [6.45, 7) is 3.74. The Morgan fingerprint density at radius 3 is 2.76 bits per heavy atom. The highest BCUT2D eigenvalue weighted by Gasteiger charge is 2.66. The molecule has 4 atom stereocenters. The number of imide groups is 1. The number of fused-ring (bicyclic) bond motifs is 5. The zero-order valence-corrected chi connectivity index (χ0v) is 12.4. The summed E-state index contributed by atoms with van der Waals surface area (Å²) in [5.74, 6) is -1.22. The molecule has 1 aromatic rings. The van der Waals surface area contributed by atoms with Gasteiger partial charge in [-0.1, -0.05) is 29.8 Å². The van der Waals surface area contributed by atoms with Crippen LogP contribution in [-0.2, 0) is 14.3 Å². The molecule has 2 fully saturated rings. The van der Waals surface area contributed by atoms with E-state index in [2.05, 4.69) is 0 Å². The van der Waals surface area contributed by atoms with E-state index in [1.54, 1.807) is 12.1 Å². The number of carbonyl (C=O) groups excluding carboxylic acids is 2. The molecule has 108 valence electrons. The first kappa shape index (κ1) is 13.0. The van der Waals surface area contributed by atoms with E-state index < -0.39 is 17.4 Å². The van der Waals surface area contributed by atoms with Gasteiger partial charge in [-0.25, -0.2) is 4.90 Å². The highest BCUT2D eigenvalue weighted by Crippen LogP contribution is 2.52. The van der Waals surface area contributed by atoms with Crippen LogP contribution in [0.4, 0.5) is 5.69 Å². The quantitative estimate of drug-likeness (QED) is 0.591. The van der Waals surface area contributed by atoms with Gasteiger partial charge in [-0.15, -0.1) is 0 Å². The van der Waals surface area contributed by atoms with E-state index in [4.69, 9.17) is 16.3 Å². The lowest BCUT2D eigenvalue weighted by atomic mass is 9.78. The minimum atomic E-state index is -0.663. The molecule has 2 bridgehead atoms. The van der Waals surface area contributed by atoms with Crippen molar-refractivity contribution >= 4 is 29.1 Å². The maximum absolute atomic E-state index is 12.8. The molecule has 3 heterocycles. The Labute approximate surface area is 127 Å². The van der Waals surface area contributed by atoms with Crippen molar-refractivity contribution in [2.24, 2.45) is 11.8 Å². The normalized spacial score (nSPS) is 36.7. The van der Waals surface area contributed by atoms with Gasteiger partial charge in [-0.05, 0) is 31.5 Å². The fraction of sp³-hybridized carbons (Fsp3) is 0.375. The second kappa shape index (κ2) is 3.96. The minimum absolute atomic E-state index is 0.187. The van der Waals surface area contributed by atoms with Crippen molar-refractivity contribution < 1.29 is 14.3 Å². The molecule has 1 aromatic carbocycles. The predicted octanol–water partition coefficient (Wildman–Crippen LogP) is 2.48. The number of rotatable bonds is 1. The first-order valence-electron chi connectivity index (χ1n) is 6.93. The van der Waals surface area contributed by atoms with Crippen LogP contribution in [0.5, 0.6) is 0 Å². The summed E-state index contributed by atoms with van der Waals surface area (Å²) in [6, 6.07) is 5.24. The number of hydrogen-bond acceptors (Lipinski definition) is 3. The van der Waals surface area contributed by atoms with Crippen molar-refractivity contribution in [3.63, 3.8) is 0 Å². The van der Waals surface area contributed by atoms with Crippen LogP contribution in [0.15, 0.2) is 30.4 Å². The third kappa shape index (κ3) is 1.54. The fourth-order valence-corrected chi connectivity index (χ4v) is 3.88. The molecule has 0 saturated carbocycles. The molecule has 4 rings (SSSR count). The van der Waals surface area contributed by atoms with E-state index >= 15 is 0 Å². The van der Waals surface area contributed by atoms with E-state index in [1.807, 2.05) is 32.1 Å². The molecule has 3 aliphatic heterocycles. The Kier molecular flexibility index (Phi) is 2.46. The number of nitrogens with zero attached hydrogens (tertiary/aromatic N) is 1. The van der Waals surface area contributed by atoms with E-state index in [0.29, 0.717) is 10.7 Å². The topological polar surface area (TPSA) is 46.6 Å². The molecule has 0 aliphatic carbocycles. The van der Waals surface area contributed by atoms with E-state index in [0.717, 1.165) is 5.56 Å². The SMILES string of the molecule is Cc1ccc(Cl)cc1N1C(=O)[C@H]2[C@@H](C1=O)[C@@]1(C)C=C[C@H]2O1. The number of anilines is 1. The van der Waals surface area contributed by atoms with Crippen LogP contribution in [0.1, 0.15) is 12.5 Å². The predicted molar refractivity (Wildman–Crippen MR) is 78.1 cm³/mol. The lowest BCUT2D eigenvalue weighted by Crippen LogP contribution is -2.38. The number of benzene rings is 1. The van der Waals surface area contributed by atoms with Gasteiger partial charge < -0.3 is 4.74 Å². The molecule has 21 heavy (non-hydrogen) atoms. The van der Waals surface area contributed by atoms with Crippen molar-refractivity contribution in [3.8, 4) is 0 Å². The fourth-order valence-electron chi connectivity index (χ4n) is 3.71. The van der Waals surface area contributed by atoms with Gasteiger partial charge in [0.15, 0.2) is 0 Å². The van der Waals surface area contributed by atoms with Crippen molar-refractivity contribution in [1.29, 1.82) is 0 Å². The molecule has 0 radical (unpaired) electrons. The number of halogens is 1. The molecule has 0 N–H and O–H groups in total. The zero-order valence-electron chi connectivity index (χ0n) is 11.7. The highest BCUT2D eigenvalue weighted by molar-refractivity contribution is 6.31. The Bertz CT molecular complexity index is 713. The van der Waals surface area contributed by atoms with Gasteiger partial charge >= 0.3 is 0 Å². The smallest absolute Gasteiger partial charge is 0.241 e. The van der Waals surface area contributed by atoms with Crippen molar-refractivity contribution in [3.05, 3.63) is 40.9 Å². The molecule has 2 saturated heterocycles. The van der Waals surface area contributed by atoms with Crippen molar-refractivity contribution in [2.75, 3.05) is 4.90 Å². The van der Waals surface area contributed by atoms with Gasteiger partial charge in [0.25, 0.3) is 0 Å². The number of amides is 2. The Morgan fingerprint density at radius 1 is 1.29 bits per heavy atom. The number of hydrogen-bond donors (Lipinski definition) is 0. The second-order valence-electron chi connectivity index (χ2n) is 6.07. The van der Waals surface area contributed by atoms with Crippen molar-refractivity contribution in [2.45, 2.75) is 25.6 Å². The van der Waals surface area contributed by atoms with Crippen LogP contribution >= 0.6 is 11.6 Å². The lowest BCUT2D eigenvalue weighted by molar-refractivity contribution is -0.126. The molecule has 4 nitrogen and oxygen atoms in total. The summed E-state index contributed by atoms with van der Waals surface area (Å²) in [5, 5.41) is 0.511. The average molecular weight is 304 g/mol. The number of carbonyl (C=O) groups is 2. The monoisotopic (exact) mass is 303 g/mol. The Morgan fingerprint density at radius 2 is 2.05 bits per heavy atom. The molecule has 2 amide bonds. The Hall–Kier alpha value is -1.65. The number of ether oxygens (including phenoxy) is 1. The van der Waals surface area contributed by atoms with Gasteiger partial charge in [0, 0.05) is 5.02 Å². The standard InChI is InChI=1S/C16H14ClNO3/c1-8-3-4-9(17)7-10(8)18-14(19)12-11-5-6-16(2,21-11)13(12)15(18)20/h3-7,11-13H,1-2H3/t11-,12-,13+,16-/m1/s1. The molecule has 0 spiro atoms. The van der Waals surface area contributed by atoms with Gasteiger partial charge in [0.2, 0.25) is 11.8 Å². The summed E-state index contributed by atoms with van der Waals surface area (Å²) in [6.07, 6.45) is 3.50. The minimum Gasteiger partial charge on any atom is -0.362 e. The summed E-state index contributed by atoms with van der Waals surface area (Å²) in [7, 11) is 0. The third-order valence-corrected chi connectivity index (χ3v) is 4.98. The third-order valence-electron chi connectivity index (χ3n) is 4.74. The molecule has 5 heteroatoms. The lowest BCUT2D eigenvalue weighted by Gasteiger charge is -2.24. The van der Waals surface area contributed by atoms with Gasteiger partial charge in [0.05, 0.1) is 29.2 Å². The molecular formula is C16H14ClNO3. The summed E-state index contributed by atoms with van der Waals surface area (Å²) < 4.78 is 5.80. The summed E-state index contributed by atoms with van der Waals surface area (Å²) in [4.78, 5) is 26.8. The first-order chi connectivity index (χ1) is 9.92. The average Bonchev–Trinajstić information content (AvgIpc) is 3.03. The maximum atomic E-state index is 12.8. The molecule has 3 aliphatic rings.